The molecule has 1 aliphatic rings. The number of alkyl halides is 3. The molecular formula is C19H23F3N6O6. The number of carbonyl (C=O) groups is 2. The number of anilines is 1. The predicted octanol–water partition coefficient (Wildman–Crippen LogP) is -0.391. The summed E-state index contributed by atoms with van der Waals surface area (Å²) >= 11 is 0. The van der Waals surface area contributed by atoms with Crippen LogP contribution >= 0.6 is 0 Å². The molecule has 3 rings (SSSR count). The van der Waals surface area contributed by atoms with Gasteiger partial charge < -0.3 is 20.4 Å². The minimum atomic E-state index is -5.08. The van der Waals surface area contributed by atoms with Crippen molar-refractivity contribution in [2.75, 3.05) is 31.1 Å². The van der Waals surface area contributed by atoms with Crippen molar-refractivity contribution in [3.63, 3.8) is 0 Å². The van der Waals surface area contributed by atoms with Crippen molar-refractivity contribution >= 4 is 29.1 Å². The van der Waals surface area contributed by atoms with Gasteiger partial charge in [-0.15, -0.1) is 5.92 Å². The topological polar surface area (TPSA) is 152 Å². The van der Waals surface area contributed by atoms with E-state index >= 15 is 0 Å². The van der Waals surface area contributed by atoms with Crippen molar-refractivity contribution in [3.05, 3.63) is 20.8 Å². The number of carboxylic acids is 2. The van der Waals surface area contributed by atoms with Crippen LogP contribution < -0.4 is 21.5 Å². The van der Waals surface area contributed by atoms with E-state index in [0.29, 0.717) is 19.0 Å². The molecule has 186 valence electrons. The molecule has 2 aromatic rings. The number of fused-ring (bicyclic) bond motifs is 1. The lowest BCUT2D eigenvalue weighted by molar-refractivity contribution is -0.192. The lowest BCUT2D eigenvalue weighted by Gasteiger charge is -2.28. The van der Waals surface area contributed by atoms with Gasteiger partial charge in [-0.05, 0) is 13.8 Å². The van der Waals surface area contributed by atoms with Gasteiger partial charge in [-0.1, -0.05) is 5.92 Å². The zero-order chi connectivity index (χ0) is 25.8. The minimum absolute atomic E-state index is 0.0736. The lowest BCUT2D eigenvalue weighted by atomic mass is 10.3. The number of hydrogen-bond donors (Lipinski definition) is 3. The molecule has 3 N–H and O–H groups in total. The Balaban J connectivity index is 0.000000509. The zero-order valence-electron chi connectivity index (χ0n) is 18.5. The monoisotopic (exact) mass is 488 g/mol. The minimum Gasteiger partial charge on any atom is -0.480 e. The second-order valence-corrected chi connectivity index (χ2v) is 7.17. The SMILES string of the molecule is CC#CCn1c(N2CCNCC2)nc2c1c(=O)n(C)c(=O)n2C(C)C(=O)O.O=C(O)C(F)(F)F. The van der Waals surface area contributed by atoms with Crippen LogP contribution in [0.3, 0.4) is 0 Å². The van der Waals surface area contributed by atoms with Crippen molar-refractivity contribution in [2.24, 2.45) is 7.05 Å². The van der Waals surface area contributed by atoms with Crippen LogP contribution in [0.4, 0.5) is 19.1 Å². The molecule has 34 heavy (non-hydrogen) atoms. The highest BCUT2D eigenvalue weighted by atomic mass is 19.4. The van der Waals surface area contributed by atoms with Gasteiger partial charge in [-0.3, -0.25) is 18.5 Å². The summed E-state index contributed by atoms with van der Waals surface area (Å²) in [6, 6.07) is -1.16. The molecule has 2 aromatic heterocycles. The highest BCUT2D eigenvalue weighted by Crippen LogP contribution is 2.22. The smallest absolute Gasteiger partial charge is 0.480 e. The Morgan fingerprint density at radius 2 is 1.76 bits per heavy atom. The first kappa shape index (κ1) is 26.5. The Morgan fingerprint density at radius 3 is 2.24 bits per heavy atom. The van der Waals surface area contributed by atoms with E-state index in [2.05, 4.69) is 22.1 Å². The van der Waals surface area contributed by atoms with Crippen LogP contribution in [0, 0.1) is 11.8 Å². The highest BCUT2D eigenvalue weighted by molar-refractivity contribution is 5.79. The third kappa shape index (κ3) is 5.39. The molecule has 1 atom stereocenters. The first-order chi connectivity index (χ1) is 15.8. The molecule has 1 saturated heterocycles. The molecule has 1 unspecified atom stereocenters. The van der Waals surface area contributed by atoms with Crippen molar-refractivity contribution in [1.82, 2.24) is 24.0 Å². The average molecular weight is 488 g/mol. The molecular weight excluding hydrogens is 465 g/mol. The molecule has 1 fully saturated rings. The lowest BCUT2D eigenvalue weighted by Crippen LogP contribution is -2.44. The summed E-state index contributed by atoms with van der Waals surface area (Å²) in [5.41, 5.74) is -0.970. The van der Waals surface area contributed by atoms with Gasteiger partial charge in [-0.25, -0.2) is 14.4 Å². The van der Waals surface area contributed by atoms with Crippen LogP contribution in [0.5, 0.6) is 0 Å². The zero-order valence-corrected chi connectivity index (χ0v) is 18.5. The average Bonchev–Trinajstić information content (AvgIpc) is 3.15. The second-order valence-electron chi connectivity index (χ2n) is 7.17. The normalized spacial score (nSPS) is 14.6. The molecule has 12 nitrogen and oxygen atoms in total. The third-order valence-corrected chi connectivity index (χ3v) is 4.96. The Kier molecular flexibility index (Phi) is 8.11. The maximum absolute atomic E-state index is 12.8. The van der Waals surface area contributed by atoms with E-state index in [-0.39, 0.29) is 17.7 Å². The Labute approximate surface area is 190 Å². The van der Waals surface area contributed by atoms with Gasteiger partial charge >= 0.3 is 23.8 Å². The van der Waals surface area contributed by atoms with Gasteiger partial charge in [0.15, 0.2) is 11.2 Å². The van der Waals surface area contributed by atoms with Gasteiger partial charge in [0.2, 0.25) is 5.95 Å². The van der Waals surface area contributed by atoms with Crippen molar-refractivity contribution in [1.29, 1.82) is 0 Å². The van der Waals surface area contributed by atoms with Gasteiger partial charge in [0.1, 0.15) is 6.04 Å². The van der Waals surface area contributed by atoms with Gasteiger partial charge in [0.05, 0.1) is 6.54 Å². The number of aromatic nitrogens is 4. The number of piperazine rings is 1. The summed E-state index contributed by atoms with van der Waals surface area (Å²) in [6.07, 6.45) is -5.08. The third-order valence-electron chi connectivity index (χ3n) is 4.96. The number of hydrogen-bond acceptors (Lipinski definition) is 7. The quantitative estimate of drug-likeness (QED) is 0.489. The van der Waals surface area contributed by atoms with Crippen molar-refractivity contribution < 1.29 is 33.0 Å². The fourth-order valence-corrected chi connectivity index (χ4v) is 3.18. The molecule has 0 amide bonds. The molecule has 1 aliphatic heterocycles. The van der Waals surface area contributed by atoms with Gasteiger partial charge in [0, 0.05) is 33.2 Å². The predicted molar refractivity (Wildman–Crippen MR) is 114 cm³/mol. The van der Waals surface area contributed by atoms with Crippen LogP contribution in [-0.2, 0) is 23.2 Å². The van der Waals surface area contributed by atoms with Crippen molar-refractivity contribution in [3.8, 4) is 11.8 Å². The molecule has 0 aliphatic carbocycles. The van der Waals surface area contributed by atoms with Crippen LogP contribution in [0.25, 0.3) is 11.2 Å². The number of carboxylic acid groups (broad SMARTS) is 2. The maximum atomic E-state index is 12.8. The summed E-state index contributed by atoms with van der Waals surface area (Å²) in [5, 5.41) is 19.8. The van der Waals surface area contributed by atoms with Gasteiger partial charge in [-0.2, -0.15) is 18.2 Å². The number of nitrogens with one attached hydrogen (secondary N) is 1. The molecule has 3 heterocycles. The van der Waals surface area contributed by atoms with E-state index in [4.69, 9.17) is 9.90 Å². The Bertz CT molecular complexity index is 1260. The molecule has 15 heteroatoms. The van der Waals surface area contributed by atoms with E-state index in [1.54, 1.807) is 11.5 Å². The Hall–Kier alpha value is -3.80. The summed E-state index contributed by atoms with van der Waals surface area (Å²) < 4.78 is 35.4. The van der Waals surface area contributed by atoms with Crippen molar-refractivity contribution in [2.45, 2.75) is 32.6 Å². The summed E-state index contributed by atoms with van der Waals surface area (Å²) in [7, 11) is 1.34. The van der Waals surface area contributed by atoms with E-state index < -0.39 is 35.4 Å². The highest BCUT2D eigenvalue weighted by Gasteiger charge is 2.38. The van der Waals surface area contributed by atoms with E-state index in [1.807, 2.05) is 4.90 Å². The number of imidazole rings is 1. The summed E-state index contributed by atoms with van der Waals surface area (Å²) in [6.45, 7) is 6.20. The summed E-state index contributed by atoms with van der Waals surface area (Å²) in [4.78, 5) is 52.4. The molecule has 0 bridgehead atoms. The standard InChI is InChI=1S/C17H22N6O4.C2HF3O2/c1-4-5-8-22-12-13(19-16(22)21-9-6-18-7-10-21)23(11(2)15(25)26)17(27)20(3)14(12)24;3-2(4,5)1(6)7/h11,18H,6-10H2,1-3H3,(H,25,26);(H,6,7). The maximum Gasteiger partial charge on any atom is 0.490 e. The fraction of sp³-hybridized carbons (Fsp3) is 0.526. The molecule has 0 radical (unpaired) electrons. The number of halogens is 3. The number of rotatable bonds is 4. The van der Waals surface area contributed by atoms with E-state index in [0.717, 1.165) is 22.2 Å². The second kappa shape index (κ2) is 10.4. The Morgan fingerprint density at radius 1 is 1.21 bits per heavy atom. The fourth-order valence-electron chi connectivity index (χ4n) is 3.18. The number of nitrogens with zero attached hydrogens (tertiary/aromatic N) is 5. The number of aliphatic carboxylic acids is 2. The van der Waals surface area contributed by atoms with E-state index in [9.17, 15) is 32.7 Å². The van der Waals surface area contributed by atoms with Crippen LogP contribution in [0.15, 0.2) is 9.59 Å². The first-order valence-corrected chi connectivity index (χ1v) is 9.92. The molecule has 0 aromatic carbocycles. The van der Waals surface area contributed by atoms with Gasteiger partial charge in [0.25, 0.3) is 5.56 Å². The molecule has 0 saturated carbocycles. The van der Waals surface area contributed by atoms with E-state index in [1.165, 1.54) is 14.0 Å². The van der Waals surface area contributed by atoms with Crippen LogP contribution in [0.1, 0.15) is 19.9 Å². The van der Waals surface area contributed by atoms with Crippen LogP contribution in [-0.4, -0.2) is 73.2 Å². The largest absolute Gasteiger partial charge is 0.490 e. The van der Waals surface area contributed by atoms with Crippen LogP contribution in [0.2, 0.25) is 0 Å². The first-order valence-electron chi connectivity index (χ1n) is 9.92. The molecule has 0 spiro atoms. The summed E-state index contributed by atoms with van der Waals surface area (Å²) in [5.74, 6) is 2.32.